The molecule has 1 aliphatic carbocycles. The second-order valence-corrected chi connectivity index (χ2v) is 5.12. The summed E-state index contributed by atoms with van der Waals surface area (Å²) in [5.41, 5.74) is 3.24. The summed E-state index contributed by atoms with van der Waals surface area (Å²) in [5, 5.41) is 3.31. The van der Waals surface area contributed by atoms with E-state index in [1.807, 2.05) is 12.1 Å². The number of carbonyl (C=O) groups is 1. The van der Waals surface area contributed by atoms with E-state index in [1.165, 1.54) is 11.1 Å². The molecule has 0 saturated heterocycles. The highest BCUT2D eigenvalue weighted by molar-refractivity contribution is 6.29. The molecule has 0 atom stereocenters. The van der Waals surface area contributed by atoms with Gasteiger partial charge < -0.3 is 5.32 Å². The highest BCUT2D eigenvalue weighted by atomic mass is 35.5. The average molecular weight is 273 g/mol. The number of fused-ring (bicyclic) bond motifs is 1. The van der Waals surface area contributed by atoms with E-state index in [4.69, 9.17) is 11.6 Å². The van der Waals surface area contributed by atoms with Crippen LogP contribution in [-0.2, 0) is 17.6 Å². The number of hydrogen-bond acceptors (Lipinski definition) is 2. The Labute approximate surface area is 116 Å². The number of halogens is 1. The second kappa shape index (κ2) is 5.02. The minimum absolute atomic E-state index is 0.00748. The zero-order chi connectivity index (χ0) is 13.2. The summed E-state index contributed by atoms with van der Waals surface area (Å²) >= 11 is 5.71. The molecule has 96 valence electrons. The lowest BCUT2D eigenvalue weighted by molar-refractivity contribution is -0.119. The number of benzene rings is 1. The summed E-state index contributed by atoms with van der Waals surface area (Å²) in [4.78, 5) is 16.1. The minimum Gasteiger partial charge on any atom is -0.324 e. The van der Waals surface area contributed by atoms with Crippen LogP contribution in [0.3, 0.4) is 0 Å². The van der Waals surface area contributed by atoms with Gasteiger partial charge in [0.25, 0.3) is 0 Å². The molecule has 0 aliphatic heterocycles. The third kappa shape index (κ3) is 2.61. The van der Waals surface area contributed by atoms with Gasteiger partial charge in [0.2, 0.25) is 5.91 Å². The number of aromatic nitrogens is 1. The fraction of sp³-hybridized carbons (Fsp3) is 0.200. The first-order chi connectivity index (χ1) is 9.22. The van der Waals surface area contributed by atoms with Gasteiger partial charge in [0.15, 0.2) is 0 Å². The molecule has 3 nitrogen and oxygen atoms in total. The van der Waals surface area contributed by atoms with Gasteiger partial charge in [0.05, 0.1) is 11.9 Å². The van der Waals surface area contributed by atoms with Gasteiger partial charge in [-0.05, 0) is 36.1 Å². The monoisotopic (exact) mass is 272 g/mol. The molecule has 1 aliphatic rings. The minimum atomic E-state index is 0.00748. The Kier molecular flexibility index (Phi) is 3.22. The maximum Gasteiger partial charge on any atom is 0.228 e. The Hall–Kier alpha value is -1.87. The SMILES string of the molecule is O=C(Nc1ccc(Cl)nc1)C1Cc2ccccc2C1. The number of pyridine rings is 1. The van der Waals surface area contributed by atoms with Crippen LogP contribution in [0.15, 0.2) is 42.6 Å². The zero-order valence-corrected chi connectivity index (χ0v) is 11.0. The lowest BCUT2D eigenvalue weighted by atomic mass is 10.1. The first kappa shape index (κ1) is 12.2. The Balaban J connectivity index is 1.68. The topological polar surface area (TPSA) is 42.0 Å². The third-order valence-electron chi connectivity index (χ3n) is 3.42. The third-order valence-corrected chi connectivity index (χ3v) is 3.64. The van der Waals surface area contributed by atoms with E-state index in [9.17, 15) is 4.79 Å². The van der Waals surface area contributed by atoms with Crippen molar-refractivity contribution in [2.45, 2.75) is 12.8 Å². The van der Waals surface area contributed by atoms with Crippen LogP contribution >= 0.6 is 11.6 Å². The molecule has 4 heteroatoms. The fourth-order valence-corrected chi connectivity index (χ4v) is 2.55. The molecule has 0 saturated carbocycles. The van der Waals surface area contributed by atoms with Crippen LogP contribution in [0.25, 0.3) is 0 Å². The maximum atomic E-state index is 12.2. The Morgan fingerprint density at radius 3 is 2.42 bits per heavy atom. The quantitative estimate of drug-likeness (QED) is 0.854. The van der Waals surface area contributed by atoms with Gasteiger partial charge in [-0.25, -0.2) is 4.98 Å². The van der Waals surface area contributed by atoms with E-state index in [0.29, 0.717) is 10.8 Å². The van der Waals surface area contributed by atoms with Gasteiger partial charge in [0.1, 0.15) is 5.15 Å². The molecule has 0 fully saturated rings. The second-order valence-electron chi connectivity index (χ2n) is 4.73. The van der Waals surface area contributed by atoms with Crippen molar-refractivity contribution in [3.05, 3.63) is 58.9 Å². The molecule has 1 aromatic heterocycles. The standard InChI is InChI=1S/C15H13ClN2O/c16-14-6-5-13(9-17-14)18-15(19)12-7-10-3-1-2-4-11(10)8-12/h1-6,9,12H,7-8H2,(H,18,19). The number of carbonyl (C=O) groups excluding carboxylic acids is 1. The molecule has 1 heterocycles. The first-order valence-electron chi connectivity index (χ1n) is 6.21. The zero-order valence-electron chi connectivity index (χ0n) is 10.3. The van der Waals surface area contributed by atoms with E-state index < -0.39 is 0 Å². The summed E-state index contributed by atoms with van der Waals surface area (Å²) in [7, 11) is 0. The van der Waals surface area contributed by atoms with Crippen molar-refractivity contribution >= 4 is 23.2 Å². The molecule has 2 aromatic rings. The van der Waals surface area contributed by atoms with Crippen molar-refractivity contribution in [1.82, 2.24) is 4.98 Å². The molecule has 0 bridgehead atoms. The fourth-order valence-electron chi connectivity index (χ4n) is 2.44. The van der Waals surface area contributed by atoms with Crippen LogP contribution in [0.5, 0.6) is 0 Å². The first-order valence-corrected chi connectivity index (χ1v) is 6.59. The highest BCUT2D eigenvalue weighted by Crippen LogP contribution is 2.27. The van der Waals surface area contributed by atoms with Crippen molar-refractivity contribution in [1.29, 1.82) is 0 Å². The lowest BCUT2D eigenvalue weighted by Crippen LogP contribution is -2.23. The van der Waals surface area contributed by atoms with Crippen molar-refractivity contribution in [2.24, 2.45) is 5.92 Å². The van der Waals surface area contributed by atoms with Crippen molar-refractivity contribution in [2.75, 3.05) is 5.32 Å². The molecule has 1 aromatic carbocycles. The summed E-state index contributed by atoms with van der Waals surface area (Å²) in [6, 6.07) is 11.6. The lowest BCUT2D eigenvalue weighted by Gasteiger charge is -2.10. The van der Waals surface area contributed by atoms with E-state index >= 15 is 0 Å². The number of anilines is 1. The average Bonchev–Trinajstić information content (AvgIpc) is 2.85. The number of hydrogen-bond donors (Lipinski definition) is 1. The molecule has 0 unspecified atom stereocenters. The van der Waals surface area contributed by atoms with Crippen LogP contribution in [0.1, 0.15) is 11.1 Å². The predicted octanol–water partition coefficient (Wildman–Crippen LogP) is 3.09. The number of rotatable bonds is 2. The predicted molar refractivity (Wildman–Crippen MR) is 75.2 cm³/mol. The van der Waals surface area contributed by atoms with E-state index in [0.717, 1.165) is 12.8 Å². The Morgan fingerprint density at radius 2 is 1.84 bits per heavy atom. The molecule has 3 rings (SSSR count). The summed E-state index contributed by atoms with van der Waals surface area (Å²) in [6.07, 6.45) is 3.19. The van der Waals surface area contributed by atoms with Crippen LogP contribution < -0.4 is 5.32 Å². The van der Waals surface area contributed by atoms with Gasteiger partial charge in [0, 0.05) is 5.92 Å². The van der Waals surface area contributed by atoms with Gasteiger partial charge in [-0.2, -0.15) is 0 Å². The van der Waals surface area contributed by atoms with E-state index in [-0.39, 0.29) is 11.8 Å². The summed E-state index contributed by atoms with van der Waals surface area (Å²) < 4.78 is 0. The molecular formula is C15H13ClN2O. The van der Waals surface area contributed by atoms with Gasteiger partial charge in [-0.15, -0.1) is 0 Å². The number of nitrogens with zero attached hydrogens (tertiary/aromatic N) is 1. The molecule has 1 N–H and O–H groups in total. The van der Waals surface area contributed by atoms with Crippen LogP contribution in [0.4, 0.5) is 5.69 Å². The van der Waals surface area contributed by atoms with Gasteiger partial charge >= 0.3 is 0 Å². The maximum absolute atomic E-state index is 12.2. The Bertz CT molecular complexity index is 585. The van der Waals surface area contributed by atoms with Crippen molar-refractivity contribution in [3.8, 4) is 0 Å². The van der Waals surface area contributed by atoms with Crippen LogP contribution in [0, 0.1) is 5.92 Å². The summed E-state index contributed by atoms with van der Waals surface area (Å²) in [6.45, 7) is 0. The molecule has 19 heavy (non-hydrogen) atoms. The van der Waals surface area contributed by atoms with Gasteiger partial charge in [-0.3, -0.25) is 4.79 Å². The number of nitrogens with one attached hydrogen (secondary N) is 1. The molecular weight excluding hydrogens is 260 g/mol. The Morgan fingerprint density at radius 1 is 1.16 bits per heavy atom. The van der Waals surface area contributed by atoms with Crippen molar-refractivity contribution < 1.29 is 4.79 Å². The number of amides is 1. The normalized spacial score (nSPS) is 14.2. The largest absolute Gasteiger partial charge is 0.324 e. The smallest absolute Gasteiger partial charge is 0.228 e. The highest BCUT2D eigenvalue weighted by Gasteiger charge is 2.26. The molecule has 1 amide bonds. The van der Waals surface area contributed by atoms with Crippen molar-refractivity contribution in [3.63, 3.8) is 0 Å². The van der Waals surface area contributed by atoms with Gasteiger partial charge in [-0.1, -0.05) is 35.9 Å². The summed E-state index contributed by atoms with van der Waals surface area (Å²) in [5.74, 6) is 0.0494. The van der Waals surface area contributed by atoms with Crippen LogP contribution in [0.2, 0.25) is 5.15 Å². The molecule has 0 radical (unpaired) electrons. The molecule has 0 spiro atoms. The van der Waals surface area contributed by atoms with E-state index in [1.54, 1.807) is 18.3 Å². The van der Waals surface area contributed by atoms with Crippen LogP contribution in [-0.4, -0.2) is 10.9 Å². The van der Waals surface area contributed by atoms with E-state index in [2.05, 4.69) is 22.4 Å².